The molecule has 2 aromatic rings. The Morgan fingerprint density at radius 3 is 2.46 bits per heavy atom. The van der Waals surface area contributed by atoms with Gasteiger partial charge in [-0.3, -0.25) is 4.79 Å². The van der Waals surface area contributed by atoms with Crippen molar-refractivity contribution < 1.29 is 17.9 Å². The molecule has 1 saturated heterocycles. The third-order valence-corrected chi connectivity index (χ3v) is 7.52. The summed E-state index contributed by atoms with van der Waals surface area (Å²) in [7, 11) is -3.82. The Morgan fingerprint density at radius 2 is 1.71 bits per heavy atom. The van der Waals surface area contributed by atoms with Gasteiger partial charge in [0.15, 0.2) is 0 Å². The minimum Gasteiger partial charge on any atom is -0.378 e. The van der Waals surface area contributed by atoms with E-state index in [2.05, 4.69) is 0 Å². The molecule has 0 radical (unpaired) electrons. The van der Waals surface area contributed by atoms with E-state index in [9.17, 15) is 13.2 Å². The molecule has 148 valence electrons. The van der Waals surface area contributed by atoms with E-state index in [1.165, 1.54) is 16.4 Å². The third-order valence-electron chi connectivity index (χ3n) is 5.19. The number of benzene rings is 2. The number of nitrogens with zero attached hydrogens (tertiary/aromatic N) is 2. The molecule has 0 spiro atoms. The van der Waals surface area contributed by atoms with E-state index in [4.69, 9.17) is 16.3 Å². The average molecular weight is 421 g/mol. The first-order valence-electron chi connectivity index (χ1n) is 9.20. The van der Waals surface area contributed by atoms with E-state index in [1.54, 1.807) is 11.0 Å². The SMILES string of the molecule is O=C(c1ccc(Cl)c(S(=O)(=O)N2CCc3ccccc3C2)c1)N1CCOCC1. The summed E-state index contributed by atoms with van der Waals surface area (Å²) < 4.78 is 33.2. The number of carbonyl (C=O) groups is 1. The summed E-state index contributed by atoms with van der Waals surface area (Å²) in [6.07, 6.45) is 0.652. The normalized spacial score (nSPS) is 18.0. The molecule has 1 fully saturated rings. The van der Waals surface area contributed by atoms with Crippen molar-refractivity contribution in [1.29, 1.82) is 0 Å². The molecule has 6 nitrogen and oxygen atoms in total. The molecule has 0 aliphatic carbocycles. The lowest BCUT2D eigenvalue weighted by atomic mass is 10.0. The zero-order chi connectivity index (χ0) is 19.7. The maximum Gasteiger partial charge on any atom is 0.254 e. The topological polar surface area (TPSA) is 66.9 Å². The molecule has 2 aliphatic rings. The monoisotopic (exact) mass is 420 g/mol. The lowest BCUT2D eigenvalue weighted by Crippen LogP contribution is -2.40. The van der Waals surface area contributed by atoms with Gasteiger partial charge in [0.2, 0.25) is 10.0 Å². The molecule has 28 heavy (non-hydrogen) atoms. The number of rotatable bonds is 3. The number of morpholine rings is 1. The number of fused-ring (bicyclic) bond motifs is 1. The van der Waals surface area contributed by atoms with Gasteiger partial charge in [-0.15, -0.1) is 0 Å². The summed E-state index contributed by atoms with van der Waals surface area (Å²) in [6.45, 7) is 2.64. The quantitative estimate of drug-likeness (QED) is 0.765. The van der Waals surface area contributed by atoms with Gasteiger partial charge in [0.05, 0.1) is 18.2 Å². The Hall–Kier alpha value is -1.93. The zero-order valence-electron chi connectivity index (χ0n) is 15.3. The van der Waals surface area contributed by atoms with Crippen LogP contribution >= 0.6 is 11.6 Å². The van der Waals surface area contributed by atoms with Crippen LogP contribution in [0.1, 0.15) is 21.5 Å². The van der Waals surface area contributed by atoms with Crippen LogP contribution in [0.3, 0.4) is 0 Å². The summed E-state index contributed by atoms with van der Waals surface area (Å²) in [5, 5.41) is 0.123. The van der Waals surface area contributed by atoms with Gasteiger partial charge in [0.1, 0.15) is 4.90 Å². The highest BCUT2D eigenvalue weighted by Crippen LogP contribution is 2.30. The van der Waals surface area contributed by atoms with Gasteiger partial charge >= 0.3 is 0 Å². The van der Waals surface area contributed by atoms with E-state index in [1.807, 2.05) is 24.3 Å². The summed E-state index contributed by atoms with van der Waals surface area (Å²) in [6, 6.07) is 12.3. The molecule has 0 aromatic heterocycles. The maximum absolute atomic E-state index is 13.3. The number of carbonyl (C=O) groups excluding carboxylic acids is 1. The summed E-state index contributed by atoms with van der Waals surface area (Å²) in [4.78, 5) is 14.4. The molecule has 0 N–H and O–H groups in total. The van der Waals surface area contributed by atoms with Crippen molar-refractivity contribution in [2.45, 2.75) is 17.9 Å². The fourth-order valence-corrected chi connectivity index (χ4v) is 5.52. The van der Waals surface area contributed by atoms with E-state index in [-0.39, 0.29) is 15.8 Å². The van der Waals surface area contributed by atoms with Crippen molar-refractivity contribution in [3.63, 3.8) is 0 Å². The summed E-state index contributed by atoms with van der Waals surface area (Å²) >= 11 is 6.24. The molecule has 2 heterocycles. The number of hydrogen-bond acceptors (Lipinski definition) is 4. The van der Waals surface area contributed by atoms with Crippen molar-refractivity contribution in [3.8, 4) is 0 Å². The Kier molecular flexibility index (Phi) is 5.42. The summed E-state index contributed by atoms with van der Waals surface area (Å²) in [5.74, 6) is -0.208. The number of ether oxygens (including phenoxy) is 1. The van der Waals surface area contributed by atoms with Gasteiger partial charge in [0.25, 0.3) is 5.91 Å². The van der Waals surface area contributed by atoms with Crippen LogP contribution in [0.2, 0.25) is 5.02 Å². The molecule has 1 amide bonds. The van der Waals surface area contributed by atoms with Crippen LogP contribution in [0.4, 0.5) is 0 Å². The predicted octanol–water partition coefficient (Wildman–Crippen LogP) is 2.56. The van der Waals surface area contributed by atoms with Crippen LogP contribution in [0.15, 0.2) is 47.4 Å². The molecule has 0 bridgehead atoms. The molecule has 0 unspecified atom stereocenters. The molecule has 0 atom stereocenters. The summed E-state index contributed by atoms with van der Waals surface area (Å²) in [5.41, 5.74) is 2.48. The molecule has 2 aromatic carbocycles. The second-order valence-electron chi connectivity index (χ2n) is 6.91. The average Bonchev–Trinajstić information content (AvgIpc) is 2.73. The van der Waals surface area contributed by atoms with E-state index in [0.717, 1.165) is 11.1 Å². The standard InChI is InChI=1S/C20H21ClN2O4S/c21-18-6-5-16(20(24)22-9-11-27-12-10-22)13-19(18)28(25,26)23-8-7-15-3-1-2-4-17(15)14-23/h1-6,13H,7-12,14H2. The van der Waals surface area contributed by atoms with E-state index >= 15 is 0 Å². The van der Waals surface area contributed by atoms with E-state index < -0.39 is 10.0 Å². The minimum atomic E-state index is -3.82. The Balaban J connectivity index is 1.63. The zero-order valence-corrected chi connectivity index (χ0v) is 16.9. The minimum absolute atomic E-state index is 0.0207. The third kappa shape index (κ3) is 3.67. The highest BCUT2D eigenvalue weighted by Gasteiger charge is 2.31. The second-order valence-corrected chi connectivity index (χ2v) is 9.22. The Labute approximate surface area is 169 Å². The first-order valence-corrected chi connectivity index (χ1v) is 11.0. The van der Waals surface area contributed by atoms with Crippen LogP contribution in [-0.4, -0.2) is 56.4 Å². The number of sulfonamides is 1. The molecule has 8 heteroatoms. The van der Waals surface area contributed by atoms with Crippen molar-refractivity contribution in [1.82, 2.24) is 9.21 Å². The highest BCUT2D eigenvalue weighted by molar-refractivity contribution is 7.89. The Morgan fingerprint density at radius 1 is 1.00 bits per heavy atom. The lowest BCUT2D eigenvalue weighted by Gasteiger charge is -2.29. The lowest BCUT2D eigenvalue weighted by molar-refractivity contribution is 0.0302. The largest absolute Gasteiger partial charge is 0.378 e. The highest BCUT2D eigenvalue weighted by atomic mass is 35.5. The first-order chi connectivity index (χ1) is 13.5. The van der Waals surface area contributed by atoms with Crippen molar-refractivity contribution >= 4 is 27.5 Å². The van der Waals surface area contributed by atoms with Gasteiger partial charge in [0, 0.05) is 31.7 Å². The van der Waals surface area contributed by atoms with Crippen molar-refractivity contribution in [3.05, 3.63) is 64.2 Å². The van der Waals surface area contributed by atoms with Crippen LogP contribution in [0.25, 0.3) is 0 Å². The van der Waals surface area contributed by atoms with Crippen LogP contribution in [0, 0.1) is 0 Å². The molecule has 4 rings (SSSR count). The van der Waals surface area contributed by atoms with Crippen LogP contribution in [-0.2, 0) is 27.7 Å². The first kappa shape index (κ1) is 19.4. The molecular weight excluding hydrogens is 400 g/mol. The van der Waals surface area contributed by atoms with Gasteiger partial charge in [-0.25, -0.2) is 8.42 Å². The molecule has 2 aliphatic heterocycles. The maximum atomic E-state index is 13.3. The number of amides is 1. The van der Waals surface area contributed by atoms with Crippen molar-refractivity contribution in [2.24, 2.45) is 0 Å². The fourth-order valence-electron chi connectivity index (χ4n) is 3.60. The fraction of sp³-hybridized carbons (Fsp3) is 0.350. The van der Waals surface area contributed by atoms with Gasteiger partial charge < -0.3 is 9.64 Å². The molecule has 0 saturated carbocycles. The second kappa shape index (κ2) is 7.83. The molecular formula is C20H21ClN2O4S. The predicted molar refractivity (Wildman–Crippen MR) is 106 cm³/mol. The van der Waals surface area contributed by atoms with Crippen LogP contribution < -0.4 is 0 Å². The van der Waals surface area contributed by atoms with E-state index in [0.29, 0.717) is 51.4 Å². The van der Waals surface area contributed by atoms with Gasteiger partial charge in [-0.05, 0) is 35.7 Å². The number of halogens is 1. The number of hydrogen-bond donors (Lipinski definition) is 0. The van der Waals surface area contributed by atoms with Crippen molar-refractivity contribution in [2.75, 3.05) is 32.8 Å². The van der Waals surface area contributed by atoms with Crippen LogP contribution in [0.5, 0.6) is 0 Å². The Bertz CT molecular complexity index is 1000. The smallest absolute Gasteiger partial charge is 0.254 e. The van der Waals surface area contributed by atoms with Gasteiger partial charge in [-0.2, -0.15) is 4.31 Å². The van der Waals surface area contributed by atoms with Gasteiger partial charge in [-0.1, -0.05) is 35.9 Å².